The van der Waals surface area contributed by atoms with Crippen molar-refractivity contribution < 1.29 is 19.2 Å². The number of carbonyl (C=O) groups is 2. The van der Waals surface area contributed by atoms with Gasteiger partial charge in [-0.25, -0.2) is 4.79 Å². The zero-order chi connectivity index (χ0) is 18.6. The Balaban J connectivity index is 2.01. The molecule has 1 aromatic rings. The molecule has 8 heteroatoms. The zero-order valence-corrected chi connectivity index (χ0v) is 14.7. The topological polar surface area (TPSA) is 102 Å². The predicted octanol–water partition coefficient (Wildman–Crippen LogP) is 2.61. The van der Waals surface area contributed by atoms with E-state index in [4.69, 9.17) is 4.74 Å². The van der Waals surface area contributed by atoms with Gasteiger partial charge in [0.2, 0.25) is 5.91 Å². The summed E-state index contributed by atoms with van der Waals surface area (Å²) in [5.41, 5.74) is -0.258. The molecule has 1 heterocycles. The van der Waals surface area contributed by atoms with Crippen molar-refractivity contribution in [3.8, 4) is 0 Å². The Labute approximate surface area is 146 Å². The number of nitro benzene ring substituents is 1. The molecule has 25 heavy (non-hydrogen) atoms. The van der Waals surface area contributed by atoms with Crippen LogP contribution in [-0.2, 0) is 16.1 Å². The lowest BCUT2D eigenvalue weighted by molar-refractivity contribution is -0.385. The van der Waals surface area contributed by atoms with Gasteiger partial charge in [-0.1, -0.05) is 18.2 Å². The molecule has 0 radical (unpaired) electrons. The number of hydrogen-bond donors (Lipinski definition) is 1. The maximum atomic E-state index is 12.4. The van der Waals surface area contributed by atoms with Gasteiger partial charge in [-0.15, -0.1) is 0 Å². The average molecular weight is 349 g/mol. The van der Waals surface area contributed by atoms with Crippen LogP contribution in [0.3, 0.4) is 0 Å². The molecule has 1 aliphatic rings. The van der Waals surface area contributed by atoms with Crippen molar-refractivity contribution in [3.05, 3.63) is 39.9 Å². The van der Waals surface area contributed by atoms with Gasteiger partial charge in [0, 0.05) is 24.7 Å². The quantitative estimate of drug-likeness (QED) is 0.665. The van der Waals surface area contributed by atoms with E-state index >= 15 is 0 Å². The summed E-state index contributed by atoms with van der Waals surface area (Å²) in [5, 5.41) is 13.7. The fraction of sp³-hybridized carbons (Fsp3) is 0.529. The summed E-state index contributed by atoms with van der Waals surface area (Å²) >= 11 is 0. The Hall–Kier alpha value is -2.64. The Morgan fingerprint density at radius 3 is 2.68 bits per heavy atom. The van der Waals surface area contributed by atoms with Crippen molar-refractivity contribution in [2.75, 3.05) is 6.54 Å². The number of nitrogens with zero attached hydrogens (tertiary/aromatic N) is 2. The normalized spacial score (nSPS) is 17.2. The van der Waals surface area contributed by atoms with Crippen molar-refractivity contribution in [2.24, 2.45) is 0 Å². The van der Waals surface area contributed by atoms with Gasteiger partial charge in [-0.05, 0) is 33.6 Å². The van der Waals surface area contributed by atoms with Crippen molar-refractivity contribution in [1.82, 2.24) is 10.2 Å². The molecule has 0 aromatic heterocycles. The number of nitro groups is 1. The first-order chi connectivity index (χ1) is 11.7. The van der Waals surface area contributed by atoms with E-state index in [0.717, 1.165) is 0 Å². The summed E-state index contributed by atoms with van der Waals surface area (Å²) in [6.07, 6.45) is 0.737. The Bertz CT molecular complexity index is 668. The van der Waals surface area contributed by atoms with Crippen LogP contribution in [0, 0.1) is 10.1 Å². The monoisotopic (exact) mass is 349 g/mol. The molecule has 0 unspecified atom stereocenters. The number of amides is 2. The highest BCUT2D eigenvalue weighted by molar-refractivity contribution is 5.86. The van der Waals surface area contributed by atoms with Crippen LogP contribution in [-0.4, -0.2) is 40.0 Å². The van der Waals surface area contributed by atoms with E-state index in [0.29, 0.717) is 24.9 Å². The Morgan fingerprint density at radius 1 is 1.36 bits per heavy atom. The van der Waals surface area contributed by atoms with E-state index in [9.17, 15) is 19.7 Å². The van der Waals surface area contributed by atoms with Gasteiger partial charge < -0.3 is 10.1 Å². The molecule has 2 rings (SSSR count). The minimum Gasteiger partial charge on any atom is -0.444 e. The van der Waals surface area contributed by atoms with E-state index in [-0.39, 0.29) is 18.1 Å². The van der Waals surface area contributed by atoms with Crippen LogP contribution in [0.1, 0.15) is 39.2 Å². The number of nitrogens with one attached hydrogen (secondary N) is 1. The molecule has 0 aliphatic carbocycles. The second-order valence-electron chi connectivity index (χ2n) is 6.94. The molecule has 2 amide bonds. The molecular formula is C17H23N3O5. The standard InChI is InChI=1S/C17H23N3O5/c1-17(2,3)25-16(22)19-10-6-9-14(19)15(21)18-11-12-7-4-5-8-13(12)20(23)24/h4-5,7-8,14H,6,9-11H2,1-3H3,(H,18,21)/t14-/m1/s1. The second-order valence-corrected chi connectivity index (χ2v) is 6.94. The minimum atomic E-state index is -0.634. The van der Waals surface area contributed by atoms with Gasteiger partial charge in [-0.3, -0.25) is 19.8 Å². The zero-order valence-electron chi connectivity index (χ0n) is 14.7. The molecule has 136 valence electrons. The fourth-order valence-electron chi connectivity index (χ4n) is 2.72. The largest absolute Gasteiger partial charge is 0.444 e. The first-order valence-corrected chi connectivity index (χ1v) is 8.18. The molecule has 1 aromatic carbocycles. The van der Waals surface area contributed by atoms with Crippen LogP contribution in [0.4, 0.5) is 10.5 Å². The third-order valence-corrected chi connectivity index (χ3v) is 3.82. The van der Waals surface area contributed by atoms with Crippen LogP contribution in [0.5, 0.6) is 0 Å². The summed E-state index contributed by atoms with van der Waals surface area (Å²) in [7, 11) is 0. The second kappa shape index (κ2) is 7.50. The van der Waals surface area contributed by atoms with Gasteiger partial charge in [0.25, 0.3) is 5.69 Å². The van der Waals surface area contributed by atoms with Gasteiger partial charge in [0.05, 0.1) is 4.92 Å². The summed E-state index contributed by atoms with van der Waals surface area (Å²) in [6, 6.07) is 5.63. The smallest absolute Gasteiger partial charge is 0.410 e. The number of carbonyl (C=O) groups excluding carboxylic acids is 2. The van der Waals surface area contributed by atoms with Crippen LogP contribution < -0.4 is 5.32 Å². The van der Waals surface area contributed by atoms with Crippen LogP contribution in [0.2, 0.25) is 0 Å². The summed E-state index contributed by atoms with van der Waals surface area (Å²) in [6.45, 7) is 5.80. The maximum Gasteiger partial charge on any atom is 0.410 e. The average Bonchev–Trinajstić information content (AvgIpc) is 3.01. The Morgan fingerprint density at radius 2 is 2.04 bits per heavy atom. The summed E-state index contributed by atoms with van der Waals surface area (Å²) in [5.74, 6) is -0.332. The van der Waals surface area contributed by atoms with Crippen molar-refractivity contribution in [3.63, 3.8) is 0 Å². The first kappa shape index (κ1) is 18.7. The van der Waals surface area contributed by atoms with Crippen LogP contribution in [0.25, 0.3) is 0 Å². The van der Waals surface area contributed by atoms with Gasteiger partial charge in [0.1, 0.15) is 11.6 Å². The predicted molar refractivity (Wildman–Crippen MR) is 90.9 cm³/mol. The van der Waals surface area contributed by atoms with Crippen LogP contribution in [0.15, 0.2) is 24.3 Å². The molecule has 0 bridgehead atoms. The van der Waals surface area contributed by atoms with Crippen molar-refractivity contribution >= 4 is 17.7 Å². The number of para-hydroxylation sites is 1. The van der Waals surface area contributed by atoms with E-state index in [1.54, 1.807) is 39.0 Å². The van der Waals surface area contributed by atoms with Gasteiger partial charge in [0.15, 0.2) is 0 Å². The lowest BCUT2D eigenvalue weighted by Crippen LogP contribution is -2.47. The van der Waals surface area contributed by atoms with Crippen LogP contribution >= 0.6 is 0 Å². The molecule has 1 saturated heterocycles. The van der Waals surface area contributed by atoms with E-state index in [1.807, 2.05) is 0 Å². The number of benzene rings is 1. The molecular weight excluding hydrogens is 326 g/mol. The van der Waals surface area contributed by atoms with Gasteiger partial charge >= 0.3 is 6.09 Å². The highest BCUT2D eigenvalue weighted by Crippen LogP contribution is 2.22. The molecule has 1 aliphatic heterocycles. The molecule has 0 saturated carbocycles. The molecule has 1 fully saturated rings. The van der Waals surface area contributed by atoms with Gasteiger partial charge in [-0.2, -0.15) is 0 Å². The minimum absolute atomic E-state index is 0.0364. The maximum absolute atomic E-state index is 12.4. The highest BCUT2D eigenvalue weighted by atomic mass is 16.6. The lowest BCUT2D eigenvalue weighted by Gasteiger charge is -2.28. The lowest BCUT2D eigenvalue weighted by atomic mass is 10.1. The SMILES string of the molecule is CC(C)(C)OC(=O)N1CCC[C@@H]1C(=O)NCc1ccccc1[N+](=O)[O-]. The van der Waals surface area contributed by atoms with E-state index in [2.05, 4.69) is 5.32 Å². The number of rotatable bonds is 4. The molecule has 1 atom stereocenters. The molecule has 8 nitrogen and oxygen atoms in total. The van der Waals surface area contributed by atoms with Crippen molar-refractivity contribution in [2.45, 2.75) is 51.8 Å². The summed E-state index contributed by atoms with van der Waals surface area (Å²) in [4.78, 5) is 36.6. The molecule has 0 spiro atoms. The number of ether oxygens (including phenoxy) is 1. The van der Waals surface area contributed by atoms with Crippen molar-refractivity contribution in [1.29, 1.82) is 0 Å². The van der Waals surface area contributed by atoms with E-state index < -0.39 is 22.7 Å². The number of likely N-dealkylation sites (tertiary alicyclic amines) is 1. The highest BCUT2D eigenvalue weighted by Gasteiger charge is 2.36. The molecule has 1 N–H and O–H groups in total. The summed E-state index contributed by atoms with van der Waals surface area (Å²) < 4.78 is 5.33. The number of hydrogen-bond acceptors (Lipinski definition) is 5. The van der Waals surface area contributed by atoms with E-state index in [1.165, 1.54) is 11.0 Å². The Kier molecular flexibility index (Phi) is 5.61. The third-order valence-electron chi connectivity index (χ3n) is 3.82. The third kappa shape index (κ3) is 4.91. The first-order valence-electron chi connectivity index (χ1n) is 8.18. The fourth-order valence-corrected chi connectivity index (χ4v) is 2.72.